The summed E-state index contributed by atoms with van der Waals surface area (Å²) in [4.78, 5) is 28.5. The Kier molecular flexibility index (Phi) is 4.35. The van der Waals surface area contributed by atoms with E-state index in [1.807, 2.05) is 19.1 Å². The fraction of sp³-hybridized carbons (Fsp3) is 0.105. The highest BCUT2D eigenvalue weighted by molar-refractivity contribution is 7.90. The molecule has 0 atom stereocenters. The second kappa shape index (κ2) is 6.74. The van der Waals surface area contributed by atoms with Gasteiger partial charge in [-0.3, -0.25) is 9.38 Å². The molecule has 0 bridgehead atoms. The van der Waals surface area contributed by atoms with Crippen LogP contribution in [0, 0.1) is 6.92 Å². The molecular weight excluding hydrogens is 394 g/mol. The molecule has 4 heterocycles. The van der Waals surface area contributed by atoms with Gasteiger partial charge in [0.05, 0.1) is 17.0 Å². The van der Waals surface area contributed by atoms with Crippen molar-refractivity contribution in [2.75, 3.05) is 6.26 Å². The predicted molar refractivity (Wildman–Crippen MR) is 104 cm³/mol. The second-order valence-corrected chi connectivity index (χ2v) is 8.33. The number of aromatic carboxylic acids is 1. The van der Waals surface area contributed by atoms with Gasteiger partial charge in [-0.1, -0.05) is 6.07 Å². The molecule has 0 aliphatic rings. The molecule has 0 spiro atoms. The number of carbonyl (C=O) groups is 1. The molecule has 0 saturated carbocycles. The van der Waals surface area contributed by atoms with Crippen LogP contribution in [0.2, 0.25) is 0 Å². The van der Waals surface area contributed by atoms with Crippen LogP contribution in [-0.4, -0.2) is 50.1 Å². The van der Waals surface area contributed by atoms with E-state index < -0.39 is 15.8 Å². The first kappa shape index (κ1) is 18.7. The first-order valence-corrected chi connectivity index (χ1v) is 10.4. The summed E-state index contributed by atoms with van der Waals surface area (Å²) in [6, 6.07) is 10.0. The van der Waals surface area contributed by atoms with E-state index in [2.05, 4.69) is 19.9 Å². The quantitative estimate of drug-likeness (QED) is 0.509. The van der Waals surface area contributed by atoms with Crippen LogP contribution in [-0.2, 0) is 9.84 Å². The van der Waals surface area contributed by atoms with Gasteiger partial charge in [0.1, 0.15) is 17.0 Å². The van der Waals surface area contributed by atoms with Crippen LogP contribution < -0.4 is 0 Å². The van der Waals surface area contributed by atoms with E-state index in [-0.39, 0.29) is 16.4 Å². The lowest BCUT2D eigenvalue weighted by molar-refractivity contribution is 0.0696. The summed E-state index contributed by atoms with van der Waals surface area (Å²) in [7, 11) is -3.64. The number of hydrogen-bond acceptors (Lipinski definition) is 7. The van der Waals surface area contributed by atoms with Gasteiger partial charge in [-0.2, -0.15) is 0 Å². The number of sulfone groups is 1. The van der Waals surface area contributed by atoms with E-state index in [1.54, 1.807) is 22.6 Å². The number of imidazole rings is 1. The highest BCUT2D eigenvalue weighted by atomic mass is 32.2. The third-order valence-corrected chi connectivity index (χ3v) is 5.06. The number of carboxylic acids is 1. The summed E-state index contributed by atoms with van der Waals surface area (Å²) in [6.45, 7) is 1.84. The number of pyridine rings is 2. The first-order valence-electron chi connectivity index (χ1n) is 8.47. The molecule has 1 N–H and O–H groups in total. The zero-order valence-electron chi connectivity index (χ0n) is 15.4. The van der Waals surface area contributed by atoms with Crippen molar-refractivity contribution in [3.63, 3.8) is 0 Å². The molecule has 0 aromatic carbocycles. The second-order valence-electron chi connectivity index (χ2n) is 6.42. The van der Waals surface area contributed by atoms with Crippen LogP contribution >= 0.6 is 0 Å². The van der Waals surface area contributed by atoms with E-state index in [0.717, 1.165) is 11.9 Å². The molecule has 0 fully saturated rings. The van der Waals surface area contributed by atoms with Gasteiger partial charge in [0.25, 0.3) is 0 Å². The summed E-state index contributed by atoms with van der Waals surface area (Å²) in [6.07, 6.45) is 3.78. The predicted octanol–water partition coefficient (Wildman–Crippen LogP) is 2.26. The molecule has 9 nitrogen and oxygen atoms in total. The van der Waals surface area contributed by atoms with E-state index in [4.69, 9.17) is 0 Å². The fourth-order valence-electron chi connectivity index (χ4n) is 2.92. The minimum Gasteiger partial charge on any atom is -0.478 e. The summed E-state index contributed by atoms with van der Waals surface area (Å²) >= 11 is 0. The SMILES string of the molecule is Cc1cccc(-c2nc3ccc(C(=O)O)cn3c2-c2ccnc(S(C)(=O)=O)n2)n1. The van der Waals surface area contributed by atoms with Gasteiger partial charge in [0.15, 0.2) is 0 Å². The Morgan fingerprint density at radius 3 is 2.52 bits per heavy atom. The lowest BCUT2D eigenvalue weighted by Crippen LogP contribution is -2.05. The molecule has 4 aromatic rings. The van der Waals surface area contributed by atoms with Crippen LogP contribution in [0.1, 0.15) is 16.1 Å². The van der Waals surface area contributed by atoms with Gasteiger partial charge in [-0.05, 0) is 37.3 Å². The monoisotopic (exact) mass is 409 g/mol. The maximum atomic E-state index is 11.9. The lowest BCUT2D eigenvalue weighted by Gasteiger charge is -2.07. The van der Waals surface area contributed by atoms with E-state index in [0.29, 0.717) is 22.7 Å². The Labute approximate surface area is 165 Å². The average molecular weight is 409 g/mol. The van der Waals surface area contributed by atoms with Gasteiger partial charge in [0.2, 0.25) is 15.0 Å². The van der Waals surface area contributed by atoms with Crippen molar-refractivity contribution in [1.82, 2.24) is 24.3 Å². The highest BCUT2D eigenvalue weighted by Crippen LogP contribution is 2.31. The molecule has 4 rings (SSSR count). The smallest absolute Gasteiger partial charge is 0.337 e. The Hall–Kier alpha value is -3.66. The number of rotatable bonds is 4. The van der Waals surface area contributed by atoms with Gasteiger partial charge in [-0.15, -0.1) is 0 Å². The number of aryl methyl sites for hydroxylation is 1. The van der Waals surface area contributed by atoms with Gasteiger partial charge < -0.3 is 5.11 Å². The van der Waals surface area contributed by atoms with Crippen molar-refractivity contribution in [1.29, 1.82) is 0 Å². The van der Waals surface area contributed by atoms with Gasteiger partial charge in [-0.25, -0.2) is 28.2 Å². The highest BCUT2D eigenvalue weighted by Gasteiger charge is 2.21. The zero-order chi connectivity index (χ0) is 20.8. The van der Waals surface area contributed by atoms with E-state index in [9.17, 15) is 18.3 Å². The van der Waals surface area contributed by atoms with Crippen LogP contribution in [0.4, 0.5) is 0 Å². The minimum absolute atomic E-state index is 0.0531. The summed E-state index contributed by atoms with van der Waals surface area (Å²) in [5, 5.41) is 9.03. The van der Waals surface area contributed by atoms with Crippen molar-refractivity contribution in [3.05, 3.63) is 60.0 Å². The Balaban J connectivity index is 2.08. The fourth-order valence-corrected chi connectivity index (χ4v) is 3.44. The lowest BCUT2D eigenvalue weighted by atomic mass is 10.1. The average Bonchev–Trinajstić information content (AvgIpc) is 3.06. The van der Waals surface area contributed by atoms with Crippen LogP contribution in [0.5, 0.6) is 0 Å². The maximum Gasteiger partial charge on any atom is 0.337 e. The van der Waals surface area contributed by atoms with Crippen molar-refractivity contribution >= 4 is 21.5 Å². The Bertz CT molecular complexity index is 1380. The molecular formula is C19H15N5O4S. The van der Waals surface area contributed by atoms with E-state index >= 15 is 0 Å². The molecule has 0 amide bonds. The number of nitrogens with zero attached hydrogens (tertiary/aromatic N) is 5. The Morgan fingerprint density at radius 2 is 1.83 bits per heavy atom. The third-order valence-electron chi connectivity index (χ3n) is 4.20. The van der Waals surface area contributed by atoms with Crippen molar-refractivity contribution < 1.29 is 18.3 Å². The first-order chi connectivity index (χ1) is 13.7. The number of aromatic nitrogens is 5. The normalized spacial score (nSPS) is 11.7. The van der Waals surface area contributed by atoms with Crippen molar-refractivity contribution in [2.45, 2.75) is 12.1 Å². The topological polar surface area (TPSA) is 127 Å². The zero-order valence-corrected chi connectivity index (χ0v) is 16.3. The van der Waals surface area contributed by atoms with Crippen molar-refractivity contribution in [2.24, 2.45) is 0 Å². The van der Waals surface area contributed by atoms with Gasteiger partial charge >= 0.3 is 5.97 Å². The summed E-state index contributed by atoms with van der Waals surface area (Å²) in [5.41, 5.74) is 3.02. The van der Waals surface area contributed by atoms with Crippen LogP contribution in [0.25, 0.3) is 28.4 Å². The molecule has 0 aliphatic carbocycles. The molecule has 29 heavy (non-hydrogen) atoms. The standard InChI is InChI=1S/C19H15N5O4S/c1-11-4-3-5-13(21-11)16-17(14-8-9-20-19(22-14)29(2,27)28)24-10-12(18(25)26)6-7-15(24)23-16/h3-10H,1-2H3,(H,25,26). The van der Waals surface area contributed by atoms with Crippen molar-refractivity contribution in [3.8, 4) is 22.8 Å². The number of fused-ring (bicyclic) bond motifs is 1. The molecule has 0 saturated heterocycles. The third kappa shape index (κ3) is 3.45. The molecule has 10 heteroatoms. The van der Waals surface area contributed by atoms with Crippen LogP contribution in [0.3, 0.4) is 0 Å². The molecule has 146 valence electrons. The maximum absolute atomic E-state index is 11.9. The summed E-state index contributed by atoms with van der Waals surface area (Å²) < 4.78 is 25.4. The minimum atomic E-state index is -3.64. The van der Waals surface area contributed by atoms with E-state index in [1.165, 1.54) is 18.5 Å². The Morgan fingerprint density at radius 1 is 1.03 bits per heavy atom. The van der Waals surface area contributed by atoms with Gasteiger partial charge in [0, 0.05) is 24.3 Å². The molecule has 0 radical (unpaired) electrons. The number of hydrogen-bond donors (Lipinski definition) is 1. The molecule has 0 unspecified atom stereocenters. The molecule has 4 aromatic heterocycles. The van der Waals surface area contributed by atoms with Crippen LogP contribution in [0.15, 0.2) is 53.9 Å². The number of carboxylic acid groups (broad SMARTS) is 1. The molecule has 0 aliphatic heterocycles. The summed E-state index contributed by atoms with van der Waals surface area (Å²) in [5.74, 6) is -1.10. The largest absolute Gasteiger partial charge is 0.478 e.